The van der Waals surface area contributed by atoms with Crippen LogP contribution in [-0.4, -0.2) is 30.4 Å². The Morgan fingerprint density at radius 1 is 0.872 bits per heavy atom. The number of aryl methyl sites for hydroxylation is 1. The molecular formula is C32H32N2O5. The Morgan fingerprint density at radius 3 is 2.08 bits per heavy atom. The number of aromatic nitrogens is 1. The highest BCUT2D eigenvalue weighted by molar-refractivity contribution is 5.88. The van der Waals surface area contributed by atoms with Crippen LogP contribution in [0.4, 0.5) is 10.5 Å². The number of amides is 1. The average Bonchev–Trinajstić information content (AvgIpc) is 3.70. The molecule has 5 rings (SSSR count). The van der Waals surface area contributed by atoms with Crippen LogP contribution in [0.25, 0.3) is 22.5 Å². The Kier molecular flexibility index (Phi) is 7.50. The van der Waals surface area contributed by atoms with Crippen molar-refractivity contribution in [3.63, 3.8) is 0 Å². The highest BCUT2D eigenvalue weighted by Crippen LogP contribution is 2.49. The van der Waals surface area contributed by atoms with Gasteiger partial charge in [-0.25, -0.2) is 4.79 Å². The average molecular weight is 525 g/mol. The van der Waals surface area contributed by atoms with E-state index in [1.54, 1.807) is 4.90 Å². The van der Waals surface area contributed by atoms with Crippen molar-refractivity contribution in [3.05, 3.63) is 95.7 Å². The molecule has 1 heterocycles. The van der Waals surface area contributed by atoms with Crippen LogP contribution in [0, 0.1) is 6.92 Å². The van der Waals surface area contributed by atoms with Gasteiger partial charge in [0.15, 0.2) is 5.76 Å². The van der Waals surface area contributed by atoms with E-state index >= 15 is 0 Å². The molecule has 0 radical (unpaired) electrons. The third-order valence-electron chi connectivity index (χ3n) is 7.26. The zero-order chi connectivity index (χ0) is 27.4. The van der Waals surface area contributed by atoms with Crippen LogP contribution in [0.1, 0.15) is 43.5 Å². The molecule has 0 spiro atoms. The van der Waals surface area contributed by atoms with Crippen molar-refractivity contribution in [2.45, 2.75) is 45.6 Å². The summed E-state index contributed by atoms with van der Waals surface area (Å²) in [6.45, 7) is 6.52. The first-order valence-corrected chi connectivity index (χ1v) is 13.3. The largest absolute Gasteiger partial charge is 0.465 e. The lowest BCUT2D eigenvalue weighted by atomic mass is 9.93. The van der Waals surface area contributed by atoms with E-state index in [2.05, 4.69) is 5.16 Å². The minimum absolute atomic E-state index is 0.0538. The van der Waals surface area contributed by atoms with Crippen molar-refractivity contribution < 1.29 is 23.6 Å². The molecule has 4 aromatic rings. The second kappa shape index (κ2) is 11.2. The highest BCUT2D eigenvalue weighted by atomic mass is 16.6. The molecule has 0 unspecified atom stereocenters. The molecule has 0 atom stereocenters. The topological polar surface area (TPSA) is 81.9 Å². The molecule has 1 aromatic heterocycles. The first-order chi connectivity index (χ1) is 19.0. The molecule has 1 fully saturated rings. The van der Waals surface area contributed by atoms with Crippen molar-refractivity contribution in [2.24, 2.45) is 0 Å². The number of rotatable bonds is 9. The van der Waals surface area contributed by atoms with Gasteiger partial charge in [-0.05, 0) is 62.4 Å². The SMILES string of the molecule is CCOC(=O)C1(c2ccc(-c3ccc(-c4onc(C)c4COC(=O)N(CC)c4ccccc4)cc3)cc2)CC1. The number of ether oxygens (including phenoxy) is 2. The molecule has 39 heavy (non-hydrogen) atoms. The predicted octanol–water partition coefficient (Wildman–Crippen LogP) is 7.07. The number of benzene rings is 3. The maximum absolute atomic E-state index is 12.8. The predicted molar refractivity (Wildman–Crippen MR) is 149 cm³/mol. The molecule has 1 aliphatic rings. The van der Waals surface area contributed by atoms with Gasteiger partial charge in [0.25, 0.3) is 0 Å². The Labute approximate surface area is 228 Å². The highest BCUT2D eigenvalue weighted by Gasteiger charge is 2.52. The molecule has 7 heteroatoms. The van der Waals surface area contributed by atoms with Crippen molar-refractivity contribution in [1.82, 2.24) is 5.16 Å². The van der Waals surface area contributed by atoms with Crippen molar-refractivity contribution >= 4 is 17.7 Å². The number of hydrogen-bond donors (Lipinski definition) is 0. The van der Waals surface area contributed by atoms with Crippen LogP contribution >= 0.6 is 0 Å². The van der Waals surface area contributed by atoms with E-state index in [-0.39, 0.29) is 12.6 Å². The first-order valence-electron chi connectivity index (χ1n) is 13.3. The van der Waals surface area contributed by atoms with E-state index in [0.29, 0.717) is 24.6 Å². The minimum Gasteiger partial charge on any atom is -0.465 e. The van der Waals surface area contributed by atoms with Gasteiger partial charge >= 0.3 is 12.1 Å². The van der Waals surface area contributed by atoms with Crippen molar-refractivity contribution in [2.75, 3.05) is 18.1 Å². The fraction of sp³-hybridized carbons (Fsp3) is 0.281. The standard InChI is InChI=1S/C32H32N2O5/c1-4-34(27-9-7-6-8-10-27)31(36)38-21-28-22(3)33-39-29(28)25-13-11-23(12-14-25)24-15-17-26(18-16-24)32(19-20-32)30(35)37-5-2/h6-18H,4-5,19-21H2,1-3H3. The second-order valence-electron chi connectivity index (χ2n) is 9.67. The van der Waals surface area contributed by atoms with Gasteiger partial charge in [0, 0.05) is 17.8 Å². The lowest BCUT2D eigenvalue weighted by Gasteiger charge is -2.20. The van der Waals surface area contributed by atoms with Gasteiger partial charge in [0.2, 0.25) is 0 Å². The summed E-state index contributed by atoms with van der Waals surface area (Å²) in [5, 5.41) is 4.12. The van der Waals surface area contributed by atoms with Crippen LogP contribution in [-0.2, 0) is 26.3 Å². The first kappa shape index (κ1) is 26.2. The summed E-state index contributed by atoms with van der Waals surface area (Å²) < 4.78 is 16.6. The maximum atomic E-state index is 12.8. The molecule has 1 amide bonds. The van der Waals surface area contributed by atoms with Crippen molar-refractivity contribution in [3.8, 4) is 22.5 Å². The van der Waals surface area contributed by atoms with Gasteiger partial charge in [0.05, 0.1) is 23.3 Å². The molecule has 200 valence electrons. The Balaban J connectivity index is 1.29. The fourth-order valence-electron chi connectivity index (χ4n) is 4.82. The third-order valence-corrected chi connectivity index (χ3v) is 7.26. The number of carbonyl (C=O) groups is 2. The lowest BCUT2D eigenvalue weighted by Crippen LogP contribution is -2.31. The van der Waals surface area contributed by atoms with E-state index in [4.69, 9.17) is 14.0 Å². The van der Waals surface area contributed by atoms with Crippen LogP contribution in [0.2, 0.25) is 0 Å². The van der Waals surface area contributed by atoms with E-state index in [9.17, 15) is 9.59 Å². The van der Waals surface area contributed by atoms with Gasteiger partial charge in [-0.1, -0.05) is 71.9 Å². The van der Waals surface area contributed by atoms with Gasteiger partial charge in [-0.15, -0.1) is 0 Å². The van der Waals surface area contributed by atoms with Gasteiger partial charge < -0.3 is 14.0 Å². The van der Waals surface area contributed by atoms with Crippen LogP contribution in [0.3, 0.4) is 0 Å². The number of esters is 1. The summed E-state index contributed by atoms with van der Waals surface area (Å²) >= 11 is 0. The number of carbonyl (C=O) groups excluding carboxylic acids is 2. The summed E-state index contributed by atoms with van der Waals surface area (Å²) in [6.07, 6.45) is 1.23. The monoisotopic (exact) mass is 524 g/mol. The molecule has 0 bridgehead atoms. The van der Waals surface area contributed by atoms with E-state index in [1.807, 2.05) is 99.6 Å². The molecule has 0 saturated heterocycles. The fourth-order valence-corrected chi connectivity index (χ4v) is 4.82. The van der Waals surface area contributed by atoms with Crippen LogP contribution in [0.15, 0.2) is 83.4 Å². The van der Waals surface area contributed by atoms with E-state index in [1.165, 1.54) is 0 Å². The second-order valence-corrected chi connectivity index (χ2v) is 9.67. The van der Waals surface area contributed by atoms with Gasteiger partial charge in [-0.3, -0.25) is 9.69 Å². The smallest absolute Gasteiger partial charge is 0.414 e. The van der Waals surface area contributed by atoms with E-state index < -0.39 is 11.5 Å². The normalized spacial score (nSPS) is 13.5. The van der Waals surface area contributed by atoms with E-state index in [0.717, 1.165) is 46.3 Å². The lowest BCUT2D eigenvalue weighted by molar-refractivity contribution is -0.146. The van der Waals surface area contributed by atoms with Crippen molar-refractivity contribution in [1.29, 1.82) is 0 Å². The molecule has 1 aliphatic carbocycles. The molecule has 7 nitrogen and oxygen atoms in total. The summed E-state index contributed by atoms with van der Waals surface area (Å²) in [5.74, 6) is 0.448. The molecule has 0 aliphatic heterocycles. The summed E-state index contributed by atoms with van der Waals surface area (Å²) in [7, 11) is 0. The Bertz CT molecular complexity index is 1440. The number of nitrogens with zero attached hydrogens (tertiary/aromatic N) is 2. The minimum atomic E-state index is -0.475. The van der Waals surface area contributed by atoms with Gasteiger partial charge in [0.1, 0.15) is 6.61 Å². The zero-order valence-electron chi connectivity index (χ0n) is 22.5. The molecule has 3 aromatic carbocycles. The molecule has 0 N–H and O–H groups in total. The van der Waals surface area contributed by atoms with Crippen LogP contribution in [0.5, 0.6) is 0 Å². The maximum Gasteiger partial charge on any atom is 0.414 e. The number of hydrogen-bond acceptors (Lipinski definition) is 6. The number of para-hydroxylation sites is 1. The summed E-state index contributed by atoms with van der Waals surface area (Å²) in [6, 6.07) is 25.5. The van der Waals surface area contributed by atoms with Crippen LogP contribution < -0.4 is 4.90 Å². The zero-order valence-corrected chi connectivity index (χ0v) is 22.5. The Morgan fingerprint density at radius 2 is 1.49 bits per heavy atom. The molecule has 1 saturated carbocycles. The number of anilines is 1. The summed E-state index contributed by atoms with van der Waals surface area (Å²) in [4.78, 5) is 26.8. The quantitative estimate of drug-likeness (QED) is 0.218. The molecular weight excluding hydrogens is 492 g/mol. The summed E-state index contributed by atoms with van der Waals surface area (Å²) in [5.41, 5.74) is 5.66. The Hall–Kier alpha value is -4.39. The third kappa shape index (κ3) is 5.30. The van der Waals surface area contributed by atoms with Gasteiger partial charge in [-0.2, -0.15) is 0 Å².